The number of carbonyl (C=O) groups excluding carboxylic acids is 2. The summed E-state index contributed by atoms with van der Waals surface area (Å²) >= 11 is 0. The van der Waals surface area contributed by atoms with Gasteiger partial charge in [-0.15, -0.1) is 0 Å². The highest BCUT2D eigenvalue weighted by molar-refractivity contribution is 5.95. The summed E-state index contributed by atoms with van der Waals surface area (Å²) < 4.78 is 16.9. The lowest BCUT2D eigenvalue weighted by Gasteiger charge is -2.38. The molecule has 3 aromatic rings. The number of hydrogen-bond acceptors (Lipinski definition) is 3. The zero-order valence-corrected chi connectivity index (χ0v) is 15.9. The van der Waals surface area contributed by atoms with Crippen molar-refractivity contribution in [1.82, 2.24) is 24.1 Å². The highest BCUT2D eigenvalue weighted by Gasteiger charge is 2.46. The van der Waals surface area contributed by atoms with Gasteiger partial charge in [-0.2, -0.15) is 5.10 Å². The standard InChI is InChI=1S/C21H20FN5O2/c1-24-10-8-16(23-24)20(28)25-12-18-19(13-25)27(11-14-4-6-15(22)7-5-14)21(29)17-3-2-9-26(17)18/h2-10,18-19H,11-13H2,1H3/t18-,19+/m0/s1. The molecule has 0 unspecified atom stereocenters. The molecule has 2 aromatic heterocycles. The molecule has 8 heteroatoms. The Morgan fingerprint density at radius 1 is 1.10 bits per heavy atom. The van der Waals surface area contributed by atoms with Crippen LogP contribution in [0.25, 0.3) is 0 Å². The topological polar surface area (TPSA) is 63.4 Å². The van der Waals surface area contributed by atoms with Crippen molar-refractivity contribution in [2.75, 3.05) is 13.1 Å². The van der Waals surface area contributed by atoms with Gasteiger partial charge in [-0.3, -0.25) is 14.3 Å². The summed E-state index contributed by atoms with van der Waals surface area (Å²) in [5.74, 6) is -0.519. The van der Waals surface area contributed by atoms with Crippen molar-refractivity contribution in [3.8, 4) is 0 Å². The van der Waals surface area contributed by atoms with Gasteiger partial charge in [0.25, 0.3) is 11.8 Å². The molecule has 0 spiro atoms. The van der Waals surface area contributed by atoms with Gasteiger partial charge in [0.15, 0.2) is 0 Å². The molecule has 2 atom stereocenters. The summed E-state index contributed by atoms with van der Waals surface area (Å²) in [5.41, 5.74) is 1.86. The van der Waals surface area contributed by atoms with Gasteiger partial charge >= 0.3 is 0 Å². The summed E-state index contributed by atoms with van der Waals surface area (Å²) in [6.45, 7) is 1.32. The van der Waals surface area contributed by atoms with Gasteiger partial charge in [0.1, 0.15) is 17.2 Å². The highest BCUT2D eigenvalue weighted by Crippen LogP contribution is 2.35. The predicted molar refractivity (Wildman–Crippen MR) is 103 cm³/mol. The van der Waals surface area contributed by atoms with Gasteiger partial charge in [-0.05, 0) is 35.9 Å². The quantitative estimate of drug-likeness (QED) is 0.685. The number of rotatable bonds is 3. The number of nitrogens with zero attached hydrogens (tertiary/aromatic N) is 5. The summed E-state index contributed by atoms with van der Waals surface area (Å²) in [6, 6.07) is 11.4. The van der Waals surface area contributed by atoms with Crippen LogP contribution in [-0.4, -0.2) is 55.1 Å². The van der Waals surface area contributed by atoms with Crippen molar-refractivity contribution in [2.24, 2.45) is 7.05 Å². The minimum absolute atomic E-state index is 0.0224. The number of benzene rings is 1. The normalized spacial score (nSPS) is 20.7. The highest BCUT2D eigenvalue weighted by atomic mass is 19.1. The maximum atomic E-state index is 13.3. The number of likely N-dealkylation sites (tertiary alicyclic amines) is 1. The zero-order valence-electron chi connectivity index (χ0n) is 15.9. The molecule has 0 bridgehead atoms. The van der Waals surface area contributed by atoms with E-state index in [1.807, 2.05) is 16.8 Å². The third kappa shape index (κ3) is 2.91. The molecular formula is C21H20FN5O2. The van der Waals surface area contributed by atoms with Gasteiger partial charge in [0.2, 0.25) is 0 Å². The molecule has 1 fully saturated rings. The van der Waals surface area contributed by atoms with Crippen LogP contribution in [0.1, 0.15) is 32.6 Å². The molecule has 148 valence electrons. The second kappa shape index (κ2) is 6.58. The first-order valence-corrected chi connectivity index (χ1v) is 9.52. The van der Waals surface area contributed by atoms with Crippen LogP contribution >= 0.6 is 0 Å². The molecule has 0 aliphatic carbocycles. The van der Waals surface area contributed by atoms with Gasteiger partial charge < -0.3 is 14.4 Å². The maximum Gasteiger partial charge on any atom is 0.274 e. The fourth-order valence-electron chi connectivity index (χ4n) is 4.34. The van der Waals surface area contributed by atoms with E-state index in [0.717, 1.165) is 5.56 Å². The zero-order chi connectivity index (χ0) is 20.1. The van der Waals surface area contributed by atoms with E-state index in [9.17, 15) is 14.0 Å². The van der Waals surface area contributed by atoms with Crippen LogP contribution in [0.4, 0.5) is 4.39 Å². The first kappa shape index (κ1) is 17.7. The molecule has 2 aliphatic heterocycles. The number of aryl methyl sites for hydroxylation is 1. The van der Waals surface area contributed by atoms with Crippen LogP contribution < -0.4 is 0 Å². The molecule has 29 heavy (non-hydrogen) atoms. The van der Waals surface area contributed by atoms with E-state index in [-0.39, 0.29) is 29.7 Å². The Morgan fingerprint density at radius 3 is 2.59 bits per heavy atom. The fourth-order valence-corrected chi connectivity index (χ4v) is 4.34. The van der Waals surface area contributed by atoms with Gasteiger partial charge in [0.05, 0.1) is 12.1 Å². The van der Waals surface area contributed by atoms with Crippen LogP contribution in [0.15, 0.2) is 54.9 Å². The first-order chi connectivity index (χ1) is 14.0. The van der Waals surface area contributed by atoms with Crippen molar-refractivity contribution in [2.45, 2.75) is 18.6 Å². The van der Waals surface area contributed by atoms with Crippen molar-refractivity contribution in [3.05, 3.63) is 77.6 Å². The Kier molecular flexibility index (Phi) is 4.01. The molecule has 2 aliphatic rings. The third-order valence-corrected chi connectivity index (χ3v) is 5.76. The number of halogens is 1. The molecule has 1 saturated heterocycles. The van der Waals surface area contributed by atoms with Crippen molar-refractivity contribution in [3.63, 3.8) is 0 Å². The van der Waals surface area contributed by atoms with Crippen molar-refractivity contribution in [1.29, 1.82) is 0 Å². The molecule has 5 rings (SSSR count). The van der Waals surface area contributed by atoms with Crippen LogP contribution in [0.3, 0.4) is 0 Å². The SMILES string of the molecule is Cn1ccc(C(=O)N2C[C@@H]3[C@H](C2)n2cccc2C(=O)N3Cc2ccc(F)cc2)n1. The van der Waals surface area contributed by atoms with Crippen LogP contribution in [-0.2, 0) is 13.6 Å². The molecule has 7 nitrogen and oxygen atoms in total. The van der Waals surface area contributed by atoms with E-state index in [0.29, 0.717) is 31.0 Å². The summed E-state index contributed by atoms with van der Waals surface area (Å²) in [6.07, 6.45) is 3.64. The first-order valence-electron chi connectivity index (χ1n) is 9.52. The van der Waals surface area contributed by atoms with Crippen LogP contribution in [0.5, 0.6) is 0 Å². The molecule has 2 amide bonds. The van der Waals surface area contributed by atoms with E-state index in [2.05, 4.69) is 5.10 Å². The van der Waals surface area contributed by atoms with E-state index >= 15 is 0 Å². The Bertz CT molecular complexity index is 1090. The summed E-state index contributed by atoms with van der Waals surface area (Å²) in [5, 5.41) is 4.22. The number of amides is 2. The molecule has 0 radical (unpaired) electrons. The van der Waals surface area contributed by atoms with Crippen LogP contribution in [0, 0.1) is 5.82 Å². The predicted octanol–water partition coefficient (Wildman–Crippen LogP) is 2.08. The van der Waals surface area contributed by atoms with Crippen LogP contribution in [0.2, 0.25) is 0 Å². The maximum absolute atomic E-state index is 13.3. The lowest BCUT2D eigenvalue weighted by atomic mass is 10.0. The van der Waals surface area contributed by atoms with Gasteiger partial charge in [-0.1, -0.05) is 12.1 Å². The van der Waals surface area contributed by atoms with E-state index in [4.69, 9.17) is 0 Å². The average molecular weight is 393 g/mol. The summed E-state index contributed by atoms with van der Waals surface area (Å²) in [4.78, 5) is 29.7. The number of carbonyl (C=O) groups is 2. The van der Waals surface area contributed by atoms with Crippen molar-refractivity contribution < 1.29 is 14.0 Å². The molecule has 1 aromatic carbocycles. The average Bonchev–Trinajstić information content (AvgIpc) is 3.44. The monoisotopic (exact) mass is 393 g/mol. The minimum atomic E-state index is -0.307. The van der Waals surface area contributed by atoms with E-state index in [1.54, 1.807) is 52.0 Å². The Labute approximate surface area is 166 Å². The second-order valence-electron chi connectivity index (χ2n) is 7.58. The van der Waals surface area contributed by atoms with Crippen molar-refractivity contribution >= 4 is 11.8 Å². The molecule has 0 saturated carbocycles. The lowest BCUT2D eigenvalue weighted by molar-refractivity contribution is 0.0550. The minimum Gasteiger partial charge on any atom is -0.337 e. The summed E-state index contributed by atoms with van der Waals surface area (Å²) in [7, 11) is 1.77. The smallest absolute Gasteiger partial charge is 0.274 e. The number of aromatic nitrogens is 3. The molecule has 4 heterocycles. The molecular weight excluding hydrogens is 373 g/mol. The van der Waals surface area contributed by atoms with Gasteiger partial charge in [0, 0.05) is 39.1 Å². The van der Waals surface area contributed by atoms with Gasteiger partial charge in [-0.25, -0.2) is 4.39 Å². The Balaban J connectivity index is 1.46. The Morgan fingerprint density at radius 2 is 1.86 bits per heavy atom. The third-order valence-electron chi connectivity index (χ3n) is 5.76. The second-order valence-corrected chi connectivity index (χ2v) is 7.58. The Hall–Kier alpha value is -3.42. The fraction of sp³-hybridized carbons (Fsp3) is 0.286. The number of hydrogen-bond donors (Lipinski definition) is 0. The number of fused-ring (bicyclic) bond motifs is 3. The van der Waals surface area contributed by atoms with E-state index in [1.165, 1.54) is 12.1 Å². The largest absolute Gasteiger partial charge is 0.337 e. The molecule has 0 N–H and O–H groups in total. The lowest BCUT2D eigenvalue weighted by Crippen LogP contribution is -2.49. The van der Waals surface area contributed by atoms with E-state index < -0.39 is 0 Å².